The predicted octanol–water partition coefficient (Wildman–Crippen LogP) is 2.71. The highest BCUT2D eigenvalue weighted by atomic mass is 32.1. The summed E-state index contributed by atoms with van der Waals surface area (Å²) in [5.41, 5.74) is 0.861. The van der Waals surface area contributed by atoms with Crippen LogP contribution in [0.4, 0.5) is 5.13 Å². The van der Waals surface area contributed by atoms with Gasteiger partial charge in [0.25, 0.3) is 0 Å². The third-order valence-corrected chi connectivity index (χ3v) is 3.62. The summed E-state index contributed by atoms with van der Waals surface area (Å²) in [6, 6.07) is 0.265. The molecule has 0 aliphatic heterocycles. The van der Waals surface area contributed by atoms with Gasteiger partial charge in [-0.3, -0.25) is 9.67 Å². The SMILES string of the molecule is CC(C)n1c(-c2csc(N(C)C)n2)n[nH]c1=S. The van der Waals surface area contributed by atoms with Gasteiger partial charge in [-0.05, 0) is 26.1 Å². The Balaban J connectivity index is 2.49. The highest BCUT2D eigenvalue weighted by Gasteiger charge is 2.14. The zero-order valence-electron chi connectivity index (χ0n) is 10.3. The number of rotatable bonds is 3. The maximum atomic E-state index is 5.22. The van der Waals surface area contributed by atoms with Crippen LogP contribution >= 0.6 is 23.6 Å². The maximum Gasteiger partial charge on any atom is 0.195 e. The highest BCUT2D eigenvalue weighted by molar-refractivity contribution is 7.71. The molecule has 0 amide bonds. The Hall–Kier alpha value is -1.21. The summed E-state index contributed by atoms with van der Waals surface area (Å²) in [5, 5.41) is 10.0. The van der Waals surface area contributed by atoms with Gasteiger partial charge < -0.3 is 4.90 Å². The molecule has 7 heteroatoms. The standard InChI is InChI=1S/C10H15N5S2/c1-6(2)15-8(12-13-9(15)16)7-5-17-10(11-7)14(3)4/h5-6H,1-4H3,(H,13,16). The van der Waals surface area contributed by atoms with Crippen molar-refractivity contribution in [2.24, 2.45) is 0 Å². The lowest BCUT2D eigenvalue weighted by atomic mass is 10.3. The number of aromatic nitrogens is 4. The third-order valence-electron chi connectivity index (χ3n) is 2.32. The number of hydrogen-bond acceptors (Lipinski definition) is 5. The van der Waals surface area contributed by atoms with Crippen molar-refractivity contribution in [2.45, 2.75) is 19.9 Å². The van der Waals surface area contributed by atoms with Gasteiger partial charge in [-0.2, -0.15) is 5.10 Å². The van der Waals surface area contributed by atoms with Gasteiger partial charge in [0.15, 0.2) is 15.7 Å². The van der Waals surface area contributed by atoms with Gasteiger partial charge in [0, 0.05) is 25.5 Å². The van der Waals surface area contributed by atoms with Gasteiger partial charge in [0.05, 0.1) is 0 Å². The second-order valence-corrected chi connectivity index (χ2v) is 5.45. The Kier molecular flexibility index (Phi) is 3.30. The van der Waals surface area contributed by atoms with Gasteiger partial charge in [0.2, 0.25) is 0 Å². The van der Waals surface area contributed by atoms with Crippen molar-refractivity contribution in [3.05, 3.63) is 10.2 Å². The molecule has 5 nitrogen and oxygen atoms in total. The molecule has 2 rings (SSSR count). The van der Waals surface area contributed by atoms with E-state index in [2.05, 4.69) is 29.0 Å². The smallest absolute Gasteiger partial charge is 0.195 e. The molecule has 0 aromatic carbocycles. The molecule has 0 atom stereocenters. The monoisotopic (exact) mass is 269 g/mol. The first-order valence-electron chi connectivity index (χ1n) is 5.31. The molecule has 0 aliphatic rings. The van der Waals surface area contributed by atoms with Crippen LogP contribution in [0, 0.1) is 4.77 Å². The van der Waals surface area contributed by atoms with Gasteiger partial charge >= 0.3 is 0 Å². The lowest BCUT2D eigenvalue weighted by molar-refractivity contribution is 0.596. The van der Waals surface area contributed by atoms with Gasteiger partial charge in [-0.25, -0.2) is 4.98 Å². The zero-order valence-corrected chi connectivity index (χ0v) is 11.9. The molecule has 0 saturated heterocycles. The minimum absolute atomic E-state index is 0.265. The van der Waals surface area contributed by atoms with E-state index in [1.165, 1.54) is 0 Å². The van der Waals surface area contributed by atoms with Gasteiger partial charge in [-0.1, -0.05) is 0 Å². The molecule has 0 unspecified atom stereocenters. The molecular formula is C10H15N5S2. The van der Waals surface area contributed by atoms with Crippen LogP contribution < -0.4 is 4.90 Å². The fourth-order valence-corrected chi connectivity index (χ4v) is 2.62. The second kappa shape index (κ2) is 4.58. The summed E-state index contributed by atoms with van der Waals surface area (Å²) in [7, 11) is 3.95. The molecule has 0 fully saturated rings. The number of hydrogen-bond donors (Lipinski definition) is 1. The lowest BCUT2D eigenvalue weighted by Gasteiger charge is -2.09. The first-order chi connectivity index (χ1) is 8.00. The second-order valence-electron chi connectivity index (χ2n) is 4.23. The maximum absolute atomic E-state index is 5.22. The van der Waals surface area contributed by atoms with E-state index in [1.807, 2.05) is 28.9 Å². The van der Waals surface area contributed by atoms with Crippen molar-refractivity contribution >= 4 is 28.7 Å². The van der Waals surface area contributed by atoms with Crippen molar-refractivity contribution in [2.75, 3.05) is 19.0 Å². The van der Waals surface area contributed by atoms with Crippen LogP contribution in [0.5, 0.6) is 0 Å². The average molecular weight is 269 g/mol. The van der Waals surface area contributed by atoms with Crippen LogP contribution in [0.15, 0.2) is 5.38 Å². The molecule has 0 radical (unpaired) electrons. The fourth-order valence-electron chi connectivity index (χ4n) is 1.54. The molecule has 1 N–H and O–H groups in total. The lowest BCUT2D eigenvalue weighted by Crippen LogP contribution is -2.08. The molecule has 0 saturated carbocycles. The predicted molar refractivity (Wildman–Crippen MR) is 73.2 cm³/mol. The minimum atomic E-state index is 0.265. The van der Waals surface area contributed by atoms with E-state index in [0.29, 0.717) is 4.77 Å². The first kappa shape index (κ1) is 12.3. The number of anilines is 1. The number of aromatic amines is 1. The topological polar surface area (TPSA) is 49.7 Å². The van der Waals surface area contributed by atoms with E-state index in [-0.39, 0.29) is 6.04 Å². The van der Waals surface area contributed by atoms with E-state index in [0.717, 1.165) is 16.6 Å². The van der Waals surface area contributed by atoms with Gasteiger partial charge in [0.1, 0.15) is 5.69 Å². The molecular weight excluding hydrogens is 254 g/mol. The van der Waals surface area contributed by atoms with Crippen LogP contribution in [-0.4, -0.2) is 33.8 Å². The Morgan fingerprint density at radius 2 is 2.18 bits per heavy atom. The number of nitrogens with zero attached hydrogens (tertiary/aromatic N) is 4. The number of thiazole rings is 1. The fraction of sp³-hybridized carbons (Fsp3) is 0.500. The first-order valence-corrected chi connectivity index (χ1v) is 6.59. The molecule has 2 heterocycles. The Morgan fingerprint density at radius 3 is 2.71 bits per heavy atom. The largest absolute Gasteiger partial charge is 0.354 e. The van der Waals surface area contributed by atoms with E-state index < -0.39 is 0 Å². The third kappa shape index (κ3) is 2.25. The van der Waals surface area contributed by atoms with E-state index in [4.69, 9.17) is 12.2 Å². The van der Waals surface area contributed by atoms with Crippen LogP contribution in [0.1, 0.15) is 19.9 Å². The molecule has 17 heavy (non-hydrogen) atoms. The molecule has 0 aliphatic carbocycles. The summed E-state index contributed by atoms with van der Waals surface area (Å²) in [6.45, 7) is 4.15. The summed E-state index contributed by atoms with van der Waals surface area (Å²) in [4.78, 5) is 6.51. The molecule has 2 aromatic heterocycles. The van der Waals surface area contributed by atoms with Crippen molar-refractivity contribution in [1.82, 2.24) is 19.7 Å². The summed E-state index contributed by atoms with van der Waals surface area (Å²) in [6.07, 6.45) is 0. The molecule has 0 bridgehead atoms. The molecule has 0 spiro atoms. The van der Waals surface area contributed by atoms with Crippen molar-refractivity contribution in [1.29, 1.82) is 0 Å². The zero-order chi connectivity index (χ0) is 12.6. The van der Waals surface area contributed by atoms with Crippen molar-refractivity contribution in [3.8, 4) is 11.5 Å². The average Bonchev–Trinajstić information content (AvgIpc) is 2.82. The molecule has 92 valence electrons. The Morgan fingerprint density at radius 1 is 1.47 bits per heavy atom. The summed E-state index contributed by atoms with van der Waals surface area (Å²) < 4.78 is 2.61. The number of H-pyrrole nitrogens is 1. The van der Waals surface area contributed by atoms with Crippen molar-refractivity contribution in [3.63, 3.8) is 0 Å². The Bertz CT molecular complexity index is 563. The molecule has 2 aromatic rings. The normalized spacial score (nSPS) is 11.1. The van der Waals surface area contributed by atoms with E-state index in [9.17, 15) is 0 Å². The van der Waals surface area contributed by atoms with Crippen molar-refractivity contribution < 1.29 is 0 Å². The summed E-state index contributed by atoms with van der Waals surface area (Å²) >= 11 is 6.81. The highest BCUT2D eigenvalue weighted by Crippen LogP contribution is 2.26. The van der Waals surface area contributed by atoms with E-state index in [1.54, 1.807) is 11.3 Å². The quantitative estimate of drug-likeness (QED) is 0.870. The van der Waals surface area contributed by atoms with Gasteiger partial charge in [-0.15, -0.1) is 11.3 Å². The van der Waals surface area contributed by atoms with Crippen LogP contribution in [-0.2, 0) is 0 Å². The van der Waals surface area contributed by atoms with E-state index >= 15 is 0 Å². The minimum Gasteiger partial charge on any atom is -0.354 e. The van der Waals surface area contributed by atoms with Crippen LogP contribution in [0.3, 0.4) is 0 Å². The number of nitrogens with one attached hydrogen (secondary N) is 1. The van der Waals surface area contributed by atoms with Crippen LogP contribution in [0.2, 0.25) is 0 Å². The Labute approximate surface area is 109 Å². The van der Waals surface area contributed by atoms with Crippen LogP contribution in [0.25, 0.3) is 11.5 Å². The summed E-state index contributed by atoms with van der Waals surface area (Å²) in [5.74, 6) is 0.800.